The monoisotopic (exact) mass is 1000 g/mol. The van der Waals surface area contributed by atoms with Gasteiger partial charge in [0.05, 0.1) is 29.7 Å². The van der Waals surface area contributed by atoms with Gasteiger partial charge < -0.3 is 56.4 Å². The number of hydrogen-bond acceptors (Lipinski definition) is 15. The fourth-order valence-corrected chi connectivity index (χ4v) is 9.48. The highest BCUT2D eigenvalue weighted by atomic mass is 16.6. The average Bonchev–Trinajstić information content (AvgIpc) is 4.01. The van der Waals surface area contributed by atoms with E-state index >= 15 is 0 Å². The quantitative estimate of drug-likeness (QED) is 0.0548. The number of imide groups is 1. The molecule has 6 rings (SSSR count). The summed E-state index contributed by atoms with van der Waals surface area (Å²) in [5.41, 5.74) is 2.60. The number of carbonyl (C=O) groups is 7. The number of aliphatic hydroxyl groups excluding tert-OH is 3. The summed E-state index contributed by atoms with van der Waals surface area (Å²) >= 11 is 0. The molecule has 0 radical (unpaired) electrons. The molecular formula is C50H72N10O12. The molecule has 3 saturated heterocycles. The van der Waals surface area contributed by atoms with Gasteiger partial charge in [0.15, 0.2) is 12.0 Å². The number of fused-ring (bicyclic) bond motifs is 1. The lowest BCUT2D eigenvalue weighted by Crippen LogP contribution is -2.66. The zero-order valence-electron chi connectivity index (χ0n) is 42.4. The summed E-state index contributed by atoms with van der Waals surface area (Å²) < 4.78 is 11.5. The van der Waals surface area contributed by atoms with Crippen LogP contribution in [0.3, 0.4) is 0 Å². The molecule has 0 aliphatic carbocycles. The molecular weight excluding hydrogens is 933 g/mol. The number of aryl methyl sites for hydroxylation is 1. The molecule has 394 valence electrons. The number of carbonyl (C=O) groups excluding carboxylic acids is 7. The van der Waals surface area contributed by atoms with E-state index in [1.54, 1.807) is 45.0 Å². The van der Waals surface area contributed by atoms with Gasteiger partial charge in [-0.1, -0.05) is 72.4 Å². The van der Waals surface area contributed by atoms with E-state index in [1.807, 2.05) is 26.8 Å². The number of amides is 7. The molecule has 3 aliphatic heterocycles. The molecule has 5 heterocycles. The minimum absolute atomic E-state index is 0.00310. The summed E-state index contributed by atoms with van der Waals surface area (Å²) in [6, 6.07) is 3.65. The van der Waals surface area contributed by atoms with Crippen molar-refractivity contribution < 1.29 is 58.4 Å². The Hall–Kier alpha value is -6.23. The van der Waals surface area contributed by atoms with E-state index in [0.717, 1.165) is 47.6 Å². The van der Waals surface area contributed by atoms with Crippen molar-refractivity contribution >= 4 is 64.1 Å². The number of nitrogens with zero attached hydrogens (tertiary/aromatic N) is 4. The van der Waals surface area contributed by atoms with Gasteiger partial charge in [-0.2, -0.15) is 0 Å². The minimum Gasteiger partial charge on any atom is -0.445 e. The van der Waals surface area contributed by atoms with Gasteiger partial charge in [0.2, 0.25) is 35.4 Å². The molecule has 10 atom stereocenters. The molecule has 3 aromatic rings. The Morgan fingerprint density at radius 3 is 2.39 bits per heavy atom. The fraction of sp³-hybridized carbons (Fsp3) is 0.620. The molecule has 22 heteroatoms. The molecule has 72 heavy (non-hydrogen) atoms. The number of benzene rings is 1. The van der Waals surface area contributed by atoms with Gasteiger partial charge in [-0.3, -0.25) is 38.6 Å². The normalized spacial score (nSPS) is 24.3. The maximum Gasteiger partial charge on any atom is 0.410 e. The standard InChI is InChI=1S/C50H72N10O12/c1-9-10-11-12-19-50(7,8)32-23-36(63)59(48(32)69)21-18-35(62)56-37(26(2)3)45(67)54-28(5)44(66)55-31-15-13-30(14-16-31)24-71-49(70)60-20-17-34(61)40(60)46(68)57-38-29(6)72-47(42(65)41(38)64)58-43-39-33(51-25-52-43)22-27(4)53-39/h13-16,22,25-26,28-29,32,34,37-38,40-42,47,53,61,64-65H,9-12,17-21,23-24H2,1-8H3,(H,54,67)(H,55,66)(H,56,62)(H,57,68)(H,51,52,58)/t28-,29-,32?,34-,37-,38-,40+,41+,42-,47-/m0/s1. The van der Waals surface area contributed by atoms with Gasteiger partial charge in [0.1, 0.15) is 48.8 Å². The first kappa shape index (κ1) is 55.1. The van der Waals surface area contributed by atoms with E-state index in [-0.39, 0.29) is 62.1 Å². The van der Waals surface area contributed by atoms with Gasteiger partial charge in [-0.05, 0) is 68.7 Å². The molecule has 22 nitrogen and oxygen atoms in total. The van der Waals surface area contributed by atoms with Crippen molar-refractivity contribution in [2.24, 2.45) is 17.3 Å². The van der Waals surface area contributed by atoms with Crippen molar-refractivity contribution in [1.29, 1.82) is 0 Å². The summed E-state index contributed by atoms with van der Waals surface area (Å²) in [5.74, 6) is -3.49. The number of H-pyrrole nitrogens is 1. The zero-order chi connectivity index (χ0) is 52.6. The molecule has 0 spiro atoms. The fourth-order valence-electron chi connectivity index (χ4n) is 9.48. The smallest absolute Gasteiger partial charge is 0.410 e. The van der Waals surface area contributed by atoms with Gasteiger partial charge in [0, 0.05) is 37.3 Å². The molecule has 3 aliphatic rings. The highest BCUT2D eigenvalue weighted by molar-refractivity contribution is 6.04. The first-order valence-corrected chi connectivity index (χ1v) is 24.9. The zero-order valence-corrected chi connectivity index (χ0v) is 42.4. The summed E-state index contributed by atoms with van der Waals surface area (Å²) in [5, 5.41) is 46.7. The number of aromatic nitrogens is 3. The number of anilines is 2. The SMILES string of the molecule is CCCCCCC(C)(C)C1CC(=O)N(CCC(=O)N[C@H](C(=O)N[C@@H](C)C(=O)Nc2ccc(COC(=O)N3CC[C@H](O)[C@@H]3C(=O)N[C@@H]3[C@@H](O)[C@H](O)[C@@H](Nc4ncnc5cc(C)[nH]c45)O[C@H]3C)cc2)C(C)C)C1=O. The topological polar surface area (TPSA) is 307 Å². The Morgan fingerprint density at radius 1 is 0.972 bits per heavy atom. The molecule has 1 aromatic carbocycles. The van der Waals surface area contributed by atoms with Crippen molar-refractivity contribution in [1.82, 2.24) is 40.7 Å². The lowest BCUT2D eigenvalue weighted by molar-refractivity contribution is -0.173. The summed E-state index contributed by atoms with van der Waals surface area (Å²) in [6.07, 6.45) is -0.667. The molecule has 1 unspecified atom stereocenters. The Bertz CT molecular complexity index is 2430. The molecule has 0 bridgehead atoms. The summed E-state index contributed by atoms with van der Waals surface area (Å²) in [7, 11) is 0. The first-order chi connectivity index (χ1) is 34.1. The second kappa shape index (κ2) is 24.0. The first-order valence-electron chi connectivity index (χ1n) is 24.9. The number of nitrogens with one attached hydrogen (secondary N) is 6. The molecule has 3 fully saturated rings. The predicted molar refractivity (Wildman–Crippen MR) is 263 cm³/mol. The number of aromatic amines is 1. The summed E-state index contributed by atoms with van der Waals surface area (Å²) in [4.78, 5) is 107. The van der Waals surface area contributed by atoms with Crippen LogP contribution in [0.2, 0.25) is 0 Å². The van der Waals surface area contributed by atoms with Crippen molar-refractivity contribution in [2.45, 2.75) is 168 Å². The van der Waals surface area contributed by atoms with Crippen LogP contribution in [0.25, 0.3) is 11.0 Å². The van der Waals surface area contributed by atoms with E-state index in [0.29, 0.717) is 28.1 Å². The Kier molecular flexibility index (Phi) is 18.4. The van der Waals surface area contributed by atoms with Gasteiger partial charge in [0.25, 0.3) is 0 Å². The maximum absolute atomic E-state index is 13.6. The largest absolute Gasteiger partial charge is 0.445 e. The van der Waals surface area contributed by atoms with E-state index in [9.17, 15) is 48.9 Å². The van der Waals surface area contributed by atoms with Crippen LogP contribution in [-0.2, 0) is 44.8 Å². The third kappa shape index (κ3) is 13.2. The molecule has 2 aromatic heterocycles. The molecule has 9 N–H and O–H groups in total. The Balaban J connectivity index is 0.935. The third-order valence-electron chi connectivity index (χ3n) is 13.9. The number of rotatable bonds is 21. The second-order valence-corrected chi connectivity index (χ2v) is 20.3. The van der Waals surface area contributed by atoms with Gasteiger partial charge >= 0.3 is 6.09 Å². The molecule has 0 saturated carbocycles. The van der Waals surface area contributed by atoms with Crippen LogP contribution >= 0.6 is 0 Å². The highest BCUT2D eigenvalue weighted by Crippen LogP contribution is 2.40. The van der Waals surface area contributed by atoms with Crippen LogP contribution in [0, 0.1) is 24.2 Å². The highest BCUT2D eigenvalue weighted by Gasteiger charge is 2.48. The second-order valence-electron chi connectivity index (χ2n) is 20.3. The predicted octanol–water partition coefficient (Wildman–Crippen LogP) is 2.75. The number of ether oxygens (including phenoxy) is 2. The van der Waals surface area contributed by atoms with E-state index in [4.69, 9.17) is 9.47 Å². The van der Waals surface area contributed by atoms with Crippen molar-refractivity contribution in [3.8, 4) is 0 Å². The number of unbranched alkanes of at least 4 members (excludes halogenated alkanes) is 3. The number of likely N-dealkylation sites (tertiary alicyclic amines) is 2. The minimum atomic E-state index is -1.52. The van der Waals surface area contributed by atoms with Crippen LogP contribution in [-0.4, -0.2) is 150 Å². The average molecular weight is 1010 g/mol. The van der Waals surface area contributed by atoms with Crippen molar-refractivity contribution in [3.63, 3.8) is 0 Å². The maximum atomic E-state index is 13.6. The van der Waals surface area contributed by atoms with Crippen molar-refractivity contribution in [3.05, 3.63) is 47.9 Å². The van der Waals surface area contributed by atoms with Crippen LogP contribution in [0.1, 0.15) is 111 Å². The Labute approximate surface area is 419 Å². The van der Waals surface area contributed by atoms with Crippen LogP contribution in [0.4, 0.5) is 16.3 Å². The Morgan fingerprint density at radius 2 is 1.69 bits per heavy atom. The summed E-state index contributed by atoms with van der Waals surface area (Å²) in [6.45, 7) is 14.3. The number of hydrogen-bond donors (Lipinski definition) is 9. The van der Waals surface area contributed by atoms with Gasteiger partial charge in [-0.25, -0.2) is 14.8 Å². The lowest BCUT2D eigenvalue weighted by atomic mass is 9.74. The third-order valence-corrected chi connectivity index (χ3v) is 13.9. The van der Waals surface area contributed by atoms with E-state index < -0.39 is 90.5 Å². The van der Waals surface area contributed by atoms with Crippen LogP contribution < -0.4 is 26.6 Å². The van der Waals surface area contributed by atoms with E-state index in [2.05, 4.69) is 48.5 Å². The van der Waals surface area contributed by atoms with Crippen LogP contribution in [0.15, 0.2) is 36.7 Å². The number of aliphatic hydroxyl groups is 3. The molecule has 7 amide bonds. The van der Waals surface area contributed by atoms with E-state index in [1.165, 1.54) is 13.3 Å². The van der Waals surface area contributed by atoms with Crippen molar-refractivity contribution in [2.75, 3.05) is 23.7 Å². The van der Waals surface area contributed by atoms with Gasteiger partial charge in [-0.15, -0.1) is 0 Å². The lowest BCUT2D eigenvalue weighted by Gasteiger charge is -2.42. The van der Waals surface area contributed by atoms with Crippen LogP contribution in [0.5, 0.6) is 0 Å².